The van der Waals surface area contributed by atoms with E-state index in [1.807, 2.05) is 0 Å². The number of ether oxygens (including phenoxy) is 1. The van der Waals surface area contributed by atoms with Crippen molar-refractivity contribution in [3.05, 3.63) is 34.9 Å². The second kappa shape index (κ2) is 4.84. The van der Waals surface area contributed by atoms with Crippen LogP contribution in [0.4, 0.5) is 5.69 Å². The van der Waals surface area contributed by atoms with Gasteiger partial charge in [-0.1, -0.05) is 0 Å². The number of methoxy groups -OCH3 is 1. The molecule has 90 valence electrons. The third kappa shape index (κ3) is 2.21. The van der Waals surface area contributed by atoms with Crippen LogP contribution in [0, 0.1) is 0 Å². The molecule has 0 atom stereocenters. The highest BCUT2D eigenvalue weighted by atomic mass is 16.5. The molecule has 2 rings (SSSR count). The Hall–Kier alpha value is -2.08. The van der Waals surface area contributed by atoms with Crippen molar-refractivity contribution in [3.8, 4) is 11.3 Å². The Labute approximate surface area is 98.0 Å². The average Bonchev–Trinajstić information content (AvgIpc) is 2.82. The number of anilines is 1. The third-order valence-electron chi connectivity index (χ3n) is 2.50. The number of aromatic nitrogens is 3. The molecule has 0 fully saturated rings. The minimum Gasteiger partial charge on any atom is -0.398 e. The molecule has 2 aromatic heterocycles. The number of nitrogen functional groups attached to an aromatic ring is 1. The molecule has 0 aliphatic carbocycles. The van der Waals surface area contributed by atoms with Crippen LogP contribution in [0.5, 0.6) is 0 Å². The summed E-state index contributed by atoms with van der Waals surface area (Å²) in [4.78, 5) is 12.2. The molecule has 0 aliphatic heterocycles. The van der Waals surface area contributed by atoms with Gasteiger partial charge in [0.15, 0.2) is 0 Å². The van der Waals surface area contributed by atoms with Crippen LogP contribution in [0.15, 0.2) is 29.3 Å². The zero-order chi connectivity index (χ0) is 12.3. The Morgan fingerprint density at radius 3 is 3.00 bits per heavy atom. The fourth-order valence-corrected chi connectivity index (χ4v) is 1.62. The Bertz CT molecular complexity index is 545. The van der Waals surface area contributed by atoms with Crippen LogP contribution >= 0.6 is 0 Å². The van der Waals surface area contributed by atoms with E-state index in [1.54, 1.807) is 36.2 Å². The molecule has 0 saturated carbocycles. The number of hydrogen-bond acceptors (Lipinski definition) is 4. The lowest BCUT2D eigenvalue weighted by atomic mass is 10.1. The number of H-pyrrole nitrogens is 1. The zero-order valence-corrected chi connectivity index (χ0v) is 9.51. The number of nitrogens with one attached hydrogen (secondary N) is 1. The predicted molar refractivity (Wildman–Crippen MR) is 64.6 cm³/mol. The van der Waals surface area contributed by atoms with Crippen molar-refractivity contribution in [1.82, 2.24) is 14.8 Å². The van der Waals surface area contributed by atoms with Crippen molar-refractivity contribution in [1.29, 1.82) is 0 Å². The smallest absolute Gasteiger partial charge is 0.262 e. The number of nitrogens with zero attached hydrogens (tertiary/aromatic N) is 2. The van der Waals surface area contributed by atoms with Gasteiger partial charge in [-0.05, 0) is 12.1 Å². The van der Waals surface area contributed by atoms with Gasteiger partial charge in [0.05, 0.1) is 17.9 Å². The predicted octanol–water partition coefficient (Wildman–Crippen LogP) is 0.467. The van der Waals surface area contributed by atoms with Crippen LogP contribution in [-0.2, 0) is 11.3 Å². The Kier molecular flexibility index (Phi) is 3.24. The van der Waals surface area contributed by atoms with E-state index < -0.39 is 0 Å². The summed E-state index contributed by atoms with van der Waals surface area (Å²) in [7, 11) is 1.60. The van der Waals surface area contributed by atoms with Crippen LogP contribution in [-0.4, -0.2) is 28.5 Å². The second-order valence-corrected chi connectivity index (χ2v) is 3.61. The number of rotatable bonds is 4. The molecule has 17 heavy (non-hydrogen) atoms. The fourth-order valence-electron chi connectivity index (χ4n) is 1.62. The van der Waals surface area contributed by atoms with Gasteiger partial charge in [-0.15, -0.1) is 0 Å². The summed E-state index contributed by atoms with van der Waals surface area (Å²) in [5.41, 5.74) is 7.18. The molecule has 0 aromatic carbocycles. The van der Waals surface area contributed by atoms with E-state index in [1.165, 1.54) is 0 Å². The van der Waals surface area contributed by atoms with Gasteiger partial charge in [-0.25, -0.2) is 0 Å². The lowest BCUT2D eigenvalue weighted by molar-refractivity contribution is 0.186. The number of hydrogen-bond donors (Lipinski definition) is 2. The lowest BCUT2D eigenvalue weighted by Gasteiger charge is -2.08. The highest BCUT2D eigenvalue weighted by Crippen LogP contribution is 2.18. The van der Waals surface area contributed by atoms with Gasteiger partial charge < -0.3 is 15.0 Å². The van der Waals surface area contributed by atoms with Crippen molar-refractivity contribution in [2.75, 3.05) is 19.5 Å². The highest BCUT2D eigenvalue weighted by Gasteiger charge is 2.11. The summed E-state index contributed by atoms with van der Waals surface area (Å²) in [5, 5.41) is 6.56. The van der Waals surface area contributed by atoms with Crippen LogP contribution in [0.2, 0.25) is 0 Å². The average molecular weight is 234 g/mol. The minimum absolute atomic E-state index is 0.147. The molecular weight excluding hydrogens is 220 g/mol. The van der Waals surface area contributed by atoms with E-state index in [2.05, 4.69) is 10.2 Å². The largest absolute Gasteiger partial charge is 0.398 e. The molecule has 0 radical (unpaired) electrons. The number of nitrogens with two attached hydrogens (primary N) is 1. The van der Waals surface area contributed by atoms with Gasteiger partial charge in [0.25, 0.3) is 5.56 Å². The second-order valence-electron chi connectivity index (χ2n) is 3.61. The monoisotopic (exact) mass is 234 g/mol. The van der Waals surface area contributed by atoms with Gasteiger partial charge in [0.1, 0.15) is 0 Å². The molecule has 0 unspecified atom stereocenters. The molecular formula is C11H14N4O2. The molecule has 6 nitrogen and oxygen atoms in total. The first kappa shape index (κ1) is 11.4. The first-order chi connectivity index (χ1) is 8.24. The van der Waals surface area contributed by atoms with E-state index in [0.29, 0.717) is 30.1 Å². The van der Waals surface area contributed by atoms with Crippen molar-refractivity contribution in [3.63, 3.8) is 0 Å². The van der Waals surface area contributed by atoms with Crippen LogP contribution in [0.25, 0.3) is 11.3 Å². The maximum Gasteiger partial charge on any atom is 0.262 e. The molecule has 0 spiro atoms. The van der Waals surface area contributed by atoms with Crippen molar-refractivity contribution in [2.24, 2.45) is 0 Å². The topological polar surface area (TPSA) is 85.9 Å². The fraction of sp³-hybridized carbons (Fsp3) is 0.273. The summed E-state index contributed by atoms with van der Waals surface area (Å²) < 4.78 is 6.52. The van der Waals surface area contributed by atoms with Gasteiger partial charge >= 0.3 is 0 Å². The van der Waals surface area contributed by atoms with Crippen LogP contribution in [0.1, 0.15) is 0 Å². The maximum absolute atomic E-state index is 12.2. The highest BCUT2D eigenvalue weighted by molar-refractivity contribution is 5.72. The van der Waals surface area contributed by atoms with E-state index >= 15 is 0 Å². The Balaban J connectivity index is 2.48. The molecule has 0 amide bonds. The minimum atomic E-state index is -0.147. The first-order valence-electron chi connectivity index (χ1n) is 5.21. The van der Waals surface area contributed by atoms with E-state index in [9.17, 15) is 4.79 Å². The molecule has 2 heterocycles. The molecule has 2 aromatic rings. The van der Waals surface area contributed by atoms with Gasteiger partial charge in [0, 0.05) is 31.7 Å². The molecule has 0 bridgehead atoms. The Morgan fingerprint density at radius 2 is 2.35 bits per heavy atom. The lowest BCUT2D eigenvalue weighted by Crippen LogP contribution is -2.24. The maximum atomic E-state index is 12.2. The van der Waals surface area contributed by atoms with Crippen molar-refractivity contribution >= 4 is 5.69 Å². The SMILES string of the molecule is COCCn1ccc(N)c(-c2ccn[nH]2)c1=O. The number of aromatic amines is 1. The standard InChI is InChI=1S/C11H14N4O2/c1-17-7-6-15-5-3-8(12)10(11(15)16)9-2-4-13-14-9/h2-5H,6-7,12H2,1H3,(H,13,14). The van der Waals surface area contributed by atoms with Crippen molar-refractivity contribution in [2.45, 2.75) is 6.54 Å². The molecule has 0 saturated heterocycles. The summed E-state index contributed by atoms with van der Waals surface area (Å²) in [6.45, 7) is 0.975. The summed E-state index contributed by atoms with van der Waals surface area (Å²) >= 11 is 0. The number of pyridine rings is 1. The normalized spacial score (nSPS) is 10.6. The summed E-state index contributed by atoms with van der Waals surface area (Å²) in [5.74, 6) is 0. The summed E-state index contributed by atoms with van der Waals surface area (Å²) in [6, 6.07) is 3.42. The van der Waals surface area contributed by atoms with Crippen molar-refractivity contribution < 1.29 is 4.74 Å². The Morgan fingerprint density at radius 1 is 1.53 bits per heavy atom. The van der Waals surface area contributed by atoms with E-state index in [-0.39, 0.29) is 5.56 Å². The first-order valence-corrected chi connectivity index (χ1v) is 5.21. The quantitative estimate of drug-likeness (QED) is 0.805. The summed E-state index contributed by atoms with van der Waals surface area (Å²) in [6.07, 6.45) is 3.25. The van der Waals surface area contributed by atoms with Crippen LogP contribution < -0.4 is 11.3 Å². The van der Waals surface area contributed by atoms with Gasteiger partial charge in [-0.3, -0.25) is 9.89 Å². The molecule has 3 N–H and O–H groups in total. The van der Waals surface area contributed by atoms with Crippen LogP contribution in [0.3, 0.4) is 0 Å². The van der Waals surface area contributed by atoms with E-state index in [0.717, 1.165) is 0 Å². The van der Waals surface area contributed by atoms with E-state index in [4.69, 9.17) is 10.5 Å². The third-order valence-corrected chi connectivity index (χ3v) is 2.50. The van der Waals surface area contributed by atoms with Gasteiger partial charge in [-0.2, -0.15) is 5.10 Å². The molecule has 0 aliphatic rings. The molecule has 6 heteroatoms. The van der Waals surface area contributed by atoms with Gasteiger partial charge in [0.2, 0.25) is 0 Å². The zero-order valence-electron chi connectivity index (χ0n) is 9.51.